The fourth-order valence-electron chi connectivity index (χ4n) is 4.14. The SMILES string of the molecule is CN(C)c1ccc(C2(O)CC3CCC(C2)N3C(=O)OC(C)(C)C)cc1. The van der Waals surface area contributed by atoms with Gasteiger partial charge in [-0.3, -0.25) is 0 Å². The molecule has 1 aromatic rings. The Hall–Kier alpha value is -1.75. The standard InChI is InChI=1S/C20H30N2O3/c1-19(2,3)25-18(23)22-16-10-11-17(22)13-20(24,12-16)14-6-8-15(9-7-14)21(4)5/h6-9,16-17,24H,10-13H2,1-5H3. The van der Waals surface area contributed by atoms with E-state index in [2.05, 4.69) is 0 Å². The number of ether oxygens (including phenoxy) is 1. The Bertz CT molecular complexity index is 619. The van der Waals surface area contributed by atoms with Crippen molar-refractivity contribution in [2.45, 2.75) is 69.7 Å². The second kappa shape index (κ2) is 6.20. The van der Waals surface area contributed by atoms with Crippen LogP contribution in [0.25, 0.3) is 0 Å². The fraction of sp³-hybridized carbons (Fsp3) is 0.650. The maximum absolute atomic E-state index is 12.6. The molecule has 0 aliphatic carbocycles. The average molecular weight is 346 g/mol. The van der Waals surface area contributed by atoms with Crippen LogP contribution >= 0.6 is 0 Å². The molecule has 2 saturated heterocycles. The first-order valence-electron chi connectivity index (χ1n) is 9.11. The van der Waals surface area contributed by atoms with Crippen molar-refractivity contribution in [2.24, 2.45) is 0 Å². The third-order valence-corrected chi connectivity index (χ3v) is 5.29. The van der Waals surface area contributed by atoms with Crippen molar-refractivity contribution in [1.29, 1.82) is 0 Å². The van der Waals surface area contributed by atoms with Gasteiger partial charge in [-0.2, -0.15) is 0 Å². The van der Waals surface area contributed by atoms with Crippen molar-refractivity contribution in [3.8, 4) is 0 Å². The van der Waals surface area contributed by atoms with Crippen LogP contribution in [-0.4, -0.2) is 47.9 Å². The van der Waals surface area contributed by atoms with E-state index in [1.165, 1.54) is 0 Å². The van der Waals surface area contributed by atoms with Crippen LogP contribution in [0.4, 0.5) is 10.5 Å². The van der Waals surface area contributed by atoms with E-state index in [-0.39, 0.29) is 18.2 Å². The summed E-state index contributed by atoms with van der Waals surface area (Å²) in [4.78, 5) is 16.5. The number of hydrogen-bond acceptors (Lipinski definition) is 4. The zero-order valence-electron chi connectivity index (χ0n) is 16.0. The van der Waals surface area contributed by atoms with Crippen LogP contribution < -0.4 is 4.90 Å². The molecule has 1 aromatic carbocycles. The summed E-state index contributed by atoms with van der Waals surface area (Å²) in [5.41, 5.74) is 0.696. The number of nitrogens with zero attached hydrogens (tertiary/aromatic N) is 2. The van der Waals surface area contributed by atoms with E-state index >= 15 is 0 Å². The predicted octanol–water partition coefficient (Wildman–Crippen LogP) is 3.50. The Labute approximate surface area is 150 Å². The zero-order valence-corrected chi connectivity index (χ0v) is 16.0. The fourth-order valence-corrected chi connectivity index (χ4v) is 4.14. The van der Waals surface area contributed by atoms with Gasteiger partial charge in [-0.05, 0) is 51.3 Å². The van der Waals surface area contributed by atoms with Gasteiger partial charge in [-0.15, -0.1) is 0 Å². The van der Waals surface area contributed by atoms with E-state index in [1.54, 1.807) is 0 Å². The first-order chi connectivity index (χ1) is 11.6. The topological polar surface area (TPSA) is 53.0 Å². The van der Waals surface area contributed by atoms with Gasteiger partial charge in [-0.25, -0.2) is 4.79 Å². The molecule has 0 radical (unpaired) electrons. The van der Waals surface area contributed by atoms with Crippen LogP contribution in [0.15, 0.2) is 24.3 Å². The molecule has 0 spiro atoms. The number of hydrogen-bond donors (Lipinski definition) is 1. The molecular weight excluding hydrogens is 316 g/mol. The highest BCUT2D eigenvalue weighted by atomic mass is 16.6. The minimum absolute atomic E-state index is 0.0483. The van der Waals surface area contributed by atoms with Crippen LogP contribution in [-0.2, 0) is 10.3 Å². The van der Waals surface area contributed by atoms with Gasteiger partial charge in [0.2, 0.25) is 0 Å². The van der Waals surface area contributed by atoms with Crippen LogP contribution in [0.2, 0.25) is 0 Å². The molecule has 2 unspecified atom stereocenters. The number of rotatable bonds is 2. The lowest BCUT2D eigenvalue weighted by molar-refractivity contribution is -0.0624. The van der Waals surface area contributed by atoms with Crippen LogP contribution in [0.3, 0.4) is 0 Å². The molecule has 138 valence electrons. The minimum Gasteiger partial charge on any atom is -0.444 e. The van der Waals surface area contributed by atoms with Crippen molar-refractivity contribution in [2.75, 3.05) is 19.0 Å². The molecule has 3 rings (SSSR count). The largest absolute Gasteiger partial charge is 0.444 e. The van der Waals surface area contributed by atoms with Gasteiger partial charge in [0.25, 0.3) is 0 Å². The monoisotopic (exact) mass is 346 g/mol. The van der Waals surface area contributed by atoms with Crippen LogP contribution in [0.5, 0.6) is 0 Å². The number of anilines is 1. The Morgan fingerprint density at radius 1 is 1.16 bits per heavy atom. The van der Waals surface area contributed by atoms with Crippen molar-refractivity contribution in [3.05, 3.63) is 29.8 Å². The summed E-state index contributed by atoms with van der Waals surface area (Å²) < 4.78 is 5.57. The zero-order chi connectivity index (χ0) is 18.4. The lowest BCUT2D eigenvalue weighted by atomic mass is 9.80. The Morgan fingerprint density at radius 2 is 1.68 bits per heavy atom. The predicted molar refractivity (Wildman–Crippen MR) is 98.8 cm³/mol. The number of aliphatic hydroxyl groups is 1. The quantitative estimate of drug-likeness (QED) is 0.890. The van der Waals surface area contributed by atoms with E-state index in [4.69, 9.17) is 4.74 Å². The molecule has 0 aromatic heterocycles. The highest BCUT2D eigenvalue weighted by molar-refractivity contribution is 5.70. The van der Waals surface area contributed by atoms with Crippen LogP contribution in [0.1, 0.15) is 52.0 Å². The van der Waals surface area contributed by atoms with E-state index < -0.39 is 11.2 Å². The maximum atomic E-state index is 12.6. The molecule has 25 heavy (non-hydrogen) atoms. The van der Waals surface area contributed by atoms with Crippen LogP contribution in [0, 0.1) is 0 Å². The summed E-state index contributed by atoms with van der Waals surface area (Å²) >= 11 is 0. The Balaban J connectivity index is 1.77. The molecule has 2 aliphatic heterocycles. The number of piperidine rings is 1. The summed E-state index contributed by atoms with van der Waals surface area (Å²) in [6.07, 6.45) is 2.77. The van der Waals surface area contributed by atoms with Gasteiger partial charge in [0, 0.05) is 44.7 Å². The number of fused-ring (bicyclic) bond motifs is 2. The van der Waals surface area contributed by atoms with Crippen molar-refractivity contribution in [3.63, 3.8) is 0 Å². The Morgan fingerprint density at radius 3 is 2.12 bits per heavy atom. The van der Waals surface area contributed by atoms with Crippen molar-refractivity contribution in [1.82, 2.24) is 4.90 Å². The van der Waals surface area contributed by atoms with Crippen molar-refractivity contribution < 1.29 is 14.6 Å². The van der Waals surface area contributed by atoms with E-state index in [0.717, 1.165) is 24.1 Å². The molecule has 2 aliphatic rings. The Kier molecular flexibility index (Phi) is 4.48. The molecule has 5 heteroatoms. The first kappa shape index (κ1) is 18.1. The summed E-state index contributed by atoms with van der Waals surface area (Å²) in [5.74, 6) is 0. The molecule has 1 amide bonds. The normalized spacial score (nSPS) is 28.8. The van der Waals surface area contributed by atoms with Gasteiger partial charge in [0.1, 0.15) is 5.60 Å². The number of benzene rings is 1. The third-order valence-electron chi connectivity index (χ3n) is 5.29. The second-order valence-corrected chi connectivity index (χ2v) is 8.65. The van der Waals surface area contributed by atoms with Gasteiger partial charge < -0.3 is 19.6 Å². The smallest absolute Gasteiger partial charge is 0.410 e. The lowest BCUT2D eigenvalue weighted by Gasteiger charge is -2.44. The van der Waals surface area contributed by atoms with E-state index in [0.29, 0.717) is 12.8 Å². The van der Waals surface area contributed by atoms with Gasteiger partial charge in [0.05, 0.1) is 5.60 Å². The van der Waals surface area contributed by atoms with Gasteiger partial charge >= 0.3 is 6.09 Å². The summed E-state index contributed by atoms with van der Waals surface area (Å²) in [5, 5.41) is 11.3. The molecule has 2 fully saturated rings. The van der Waals surface area contributed by atoms with E-state index in [1.807, 2.05) is 68.9 Å². The second-order valence-electron chi connectivity index (χ2n) is 8.65. The third kappa shape index (κ3) is 3.61. The van der Waals surface area contributed by atoms with Gasteiger partial charge in [0.15, 0.2) is 0 Å². The molecule has 1 N–H and O–H groups in total. The van der Waals surface area contributed by atoms with Gasteiger partial charge in [-0.1, -0.05) is 12.1 Å². The molecular formula is C20H30N2O3. The first-order valence-corrected chi connectivity index (χ1v) is 9.11. The lowest BCUT2D eigenvalue weighted by Crippen LogP contribution is -2.53. The molecule has 0 saturated carbocycles. The minimum atomic E-state index is -0.866. The number of amides is 1. The summed E-state index contributed by atoms with van der Waals surface area (Å²) in [6.45, 7) is 5.66. The molecule has 2 heterocycles. The number of carbonyl (C=O) groups is 1. The maximum Gasteiger partial charge on any atom is 0.410 e. The average Bonchev–Trinajstić information content (AvgIpc) is 2.78. The summed E-state index contributed by atoms with van der Waals surface area (Å²) in [7, 11) is 4.01. The molecule has 2 atom stereocenters. The molecule has 2 bridgehead atoms. The van der Waals surface area contributed by atoms with E-state index in [9.17, 15) is 9.90 Å². The highest BCUT2D eigenvalue weighted by Gasteiger charge is 2.51. The summed E-state index contributed by atoms with van der Waals surface area (Å²) in [6, 6.07) is 8.19. The molecule has 5 nitrogen and oxygen atoms in total. The number of carbonyl (C=O) groups excluding carboxylic acids is 1. The van der Waals surface area contributed by atoms with Crippen molar-refractivity contribution >= 4 is 11.8 Å². The highest BCUT2D eigenvalue weighted by Crippen LogP contribution is 2.46.